The van der Waals surface area contributed by atoms with Crippen molar-refractivity contribution in [3.8, 4) is 12.3 Å². The quantitative estimate of drug-likeness (QED) is 0.767. The van der Waals surface area contributed by atoms with Gasteiger partial charge in [-0.05, 0) is 18.6 Å². The molecule has 0 aromatic heterocycles. The van der Waals surface area contributed by atoms with Crippen LogP contribution in [0, 0.1) is 12.3 Å². The number of aliphatic hydroxyl groups excluding tert-OH is 1. The summed E-state index contributed by atoms with van der Waals surface area (Å²) in [5, 5.41) is 17.0. The summed E-state index contributed by atoms with van der Waals surface area (Å²) in [6.45, 7) is 1.99. The average Bonchev–Trinajstić information content (AvgIpc) is 2.31. The topological polar surface area (TPSA) is 57.5 Å². The first-order chi connectivity index (χ1) is 7.61. The summed E-state index contributed by atoms with van der Waals surface area (Å²) in [6, 6.07) is 8.30. The van der Waals surface area contributed by atoms with E-state index in [4.69, 9.17) is 16.6 Å². The Morgan fingerprint density at radius 3 is 2.25 bits per heavy atom. The minimum atomic E-state index is -0.879. The van der Waals surface area contributed by atoms with Crippen LogP contribution in [-0.2, 0) is 0 Å². The highest BCUT2D eigenvalue weighted by molar-refractivity contribution is 5.87. The van der Waals surface area contributed by atoms with Gasteiger partial charge in [-0.25, -0.2) is 4.79 Å². The van der Waals surface area contributed by atoms with Gasteiger partial charge >= 0.3 is 5.97 Å². The van der Waals surface area contributed by atoms with Crippen LogP contribution in [0.5, 0.6) is 0 Å². The van der Waals surface area contributed by atoms with Gasteiger partial charge in [-0.1, -0.05) is 37.5 Å². The van der Waals surface area contributed by atoms with Crippen molar-refractivity contribution in [3.63, 3.8) is 0 Å². The third kappa shape index (κ3) is 6.63. The zero-order valence-corrected chi connectivity index (χ0v) is 9.26. The molecular weight excluding hydrogens is 204 g/mol. The Morgan fingerprint density at radius 2 is 2.00 bits per heavy atom. The minimum absolute atomic E-state index is 0.331. The van der Waals surface area contributed by atoms with Crippen molar-refractivity contribution in [1.29, 1.82) is 0 Å². The summed E-state index contributed by atoms with van der Waals surface area (Å²) in [7, 11) is 0. The van der Waals surface area contributed by atoms with Crippen LogP contribution in [0.2, 0.25) is 0 Å². The summed E-state index contributed by atoms with van der Waals surface area (Å²) in [4.78, 5) is 10.2. The Bertz CT molecular complexity index is 338. The molecule has 0 aliphatic carbocycles. The van der Waals surface area contributed by atoms with Gasteiger partial charge in [0.05, 0.1) is 5.56 Å². The van der Waals surface area contributed by atoms with Crippen LogP contribution in [0.25, 0.3) is 0 Å². The Morgan fingerprint density at radius 1 is 1.44 bits per heavy atom. The number of rotatable bonds is 3. The standard InChI is InChI=1S/C7H6O2.C6H10O/c8-7(9)6-4-2-1-3-5-6;1-3-5-6(7)4-2/h1-5H,(H,8,9);2,6-7H,3,5H2,1H3. The number of carbonyl (C=O) groups is 1. The fourth-order valence-corrected chi connectivity index (χ4v) is 0.938. The molecule has 0 saturated heterocycles. The molecule has 0 heterocycles. The fourth-order valence-electron chi connectivity index (χ4n) is 0.938. The average molecular weight is 220 g/mol. The fraction of sp³-hybridized carbons (Fsp3) is 0.308. The molecule has 0 radical (unpaired) electrons. The Labute approximate surface area is 95.7 Å². The number of carboxylic acid groups (broad SMARTS) is 1. The molecule has 0 fully saturated rings. The first-order valence-electron chi connectivity index (χ1n) is 5.04. The first kappa shape index (κ1) is 14.2. The van der Waals surface area contributed by atoms with Crippen LogP contribution < -0.4 is 0 Å². The molecule has 0 amide bonds. The van der Waals surface area contributed by atoms with Gasteiger partial charge in [-0.2, -0.15) is 0 Å². The molecule has 16 heavy (non-hydrogen) atoms. The molecule has 3 heteroatoms. The largest absolute Gasteiger partial charge is 0.478 e. The number of benzene rings is 1. The maximum absolute atomic E-state index is 10.2. The van der Waals surface area contributed by atoms with E-state index in [1.807, 2.05) is 6.92 Å². The molecule has 2 N–H and O–H groups in total. The molecule has 1 rings (SSSR count). The lowest BCUT2D eigenvalue weighted by Crippen LogP contribution is -1.99. The summed E-state index contributed by atoms with van der Waals surface area (Å²) in [6.07, 6.45) is 6.00. The van der Waals surface area contributed by atoms with Gasteiger partial charge in [-0.3, -0.25) is 0 Å². The highest BCUT2D eigenvalue weighted by atomic mass is 16.4. The van der Waals surface area contributed by atoms with Gasteiger partial charge < -0.3 is 10.2 Å². The normalized spacial score (nSPS) is 10.6. The summed E-state index contributed by atoms with van der Waals surface area (Å²) >= 11 is 0. The highest BCUT2D eigenvalue weighted by Gasteiger charge is 1.96. The van der Waals surface area contributed by atoms with Crippen molar-refractivity contribution in [2.24, 2.45) is 0 Å². The van der Waals surface area contributed by atoms with E-state index in [0.29, 0.717) is 5.56 Å². The lowest BCUT2D eigenvalue weighted by atomic mass is 10.2. The van der Waals surface area contributed by atoms with E-state index in [2.05, 4.69) is 5.92 Å². The van der Waals surface area contributed by atoms with Crippen LogP contribution in [0.1, 0.15) is 30.1 Å². The molecule has 0 aliphatic rings. The molecule has 1 unspecified atom stereocenters. The van der Waals surface area contributed by atoms with E-state index < -0.39 is 12.1 Å². The van der Waals surface area contributed by atoms with Crippen molar-refractivity contribution >= 4 is 5.97 Å². The molecule has 1 aromatic carbocycles. The monoisotopic (exact) mass is 220 g/mol. The van der Waals surface area contributed by atoms with Crippen LogP contribution in [0.3, 0.4) is 0 Å². The Hall–Kier alpha value is -1.79. The smallest absolute Gasteiger partial charge is 0.335 e. The lowest BCUT2D eigenvalue weighted by Gasteiger charge is -1.95. The van der Waals surface area contributed by atoms with Gasteiger partial charge in [0, 0.05) is 0 Å². The molecule has 0 saturated carbocycles. The number of hydrogen-bond donors (Lipinski definition) is 2. The van der Waals surface area contributed by atoms with Gasteiger partial charge in [0.15, 0.2) is 0 Å². The zero-order valence-electron chi connectivity index (χ0n) is 9.26. The number of aliphatic hydroxyl groups is 1. The van der Waals surface area contributed by atoms with Crippen molar-refractivity contribution < 1.29 is 15.0 Å². The van der Waals surface area contributed by atoms with Crippen LogP contribution >= 0.6 is 0 Å². The number of hydrogen-bond acceptors (Lipinski definition) is 2. The van der Waals surface area contributed by atoms with Gasteiger partial charge in [-0.15, -0.1) is 6.42 Å². The molecule has 1 aromatic rings. The maximum atomic E-state index is 10.2. The van der Waals surface area contributed by atoms with E-state index in [1.165, 1.54) is 0 Å². The van der Waals surface area contributed by atoms with Crippen LogP contribution in [0.15, 0.2) is 30.3 Å². The highest BCUT2D eigenvalue weighted by Crippen LogP contribution is 1.96. The van der Waals surface area contributed by atoms with Gasteiger partial charge in [0.2, 0.25) is 0 Å². The minimum Gasteiger partial charge on any atom is -0.478 e. The molecule has 1 atom stereocenters. The van der Waals surface area contributed by atoms with E-state index in [1.54, 1.807) is 30.3 Å². The first-order valence-corrected chi connectivity index (χ1v) is 5.04. The molecule has 86 valence electrons. The second-order valence-electron chi connectivity index (χ2n) is 3.14. The van der Waals surface area contributed by atoms with Crippen LogP contribution in [0.4, 0.5) is 0 Å². The predicted molar refractivity (Wildman–Crippen MR) is 63.1 cm³/mol. The SMILES string of the molecule is C#CC(O)CCC.O=C(O)c1ccccc1. The summed E-state index contributed by atoms with van der Waals surface area (Å²) < 4.78 is 0. The lowest BCUT2D eigenvalue weighted by molar-refractivity contribution is 0.0697. The van der Waals surface area contributed by atoms with E-state index in [-0.39, 0.29) is 0 Å². The molecule has 3 nitrogen and oxygen atoms in total. The van der Waals surface area contributed by atoms with E-state index >= 15 is 0 Å². The van der Waals surface area contributed by atoms with Crippen molar-refractivity contribution in [3.05, 3.63) is 35.9 Å². The van der Waals surface area contributed by atoms with Crippen molar-refractivity contribution in [2.45, 2.75) is 25.9 Å². The number of aromatic carboxylic acids is 1. The Kier molecular flexibility index (Phi) is 7.56. The van der Waals surface area contributed by atoms with Crippen molar-refractivity contribution in [1.82, 2.24) is 0 Å². The van der Waals surface area contributed by atoms with Crippen LogP contribution in [-0.4, -0.2) is 22.3 Å². The third-order valence-electron chi connectivity index (χ3n) is 1.78. The van der Waals surface area contributed by atoms with E-state index in [9.17, 15) is 4.79 Å². The molecule has 0 bridgehead atoms. The van der Waals surface area contributed by atoms with Crippen molar-refractivity contribution in [2.75, 3.05) is 0 Å². The Balaban J connectivity index is 0.000000293. The van der Waals surface area contributed by atoms with Gasteiger partial charge in [0.25, 0.3) is 0 Å². The molecule has 0 aliphatic heterocycles. The second-order valence-corrected chi connectivity index (χ2v) is 3.14. The number of terminal acetylenes is 1. The predicted octanol–water partition coefficient (Wildman–Crippen LogP) is 2.17. The number of carboxylic acids is 1. The molecule has 0 spiro atoms. The maximum Gasteiger partial charge on any atom is 0.335 e. The zero-order chi connectivity index (χ0) is 12.4. The summed E-state index contributed by atoms with van der Waals surface area (Å²) in [5.74, 6) is 1.34. The second kappa shape index (κ2) is 8.51. The van der Waals surface area contributed by atoms with Gasteiger partial charge in [0.1, 0.15) is 6.10 Å². The summed E-state index contributed by atoms with van der Waals surface area (Å²) in [5.41, 5.74) is 0.331. The van der Waals surface area contributed by atoms with E-state index in [0.717, 1.165) is 12.8 Å². The third-order valence-corrected chi connectivity index (χ3v) is 1.78. The molecular formula is C13H16O3.